The Kier molecular flexibility index (Phi) is 5.53. The molecule has 24 heavy (non-hydrogen) atoms. The maximum atomic E-state index is 6.01. The van der Waals surface area contributed by atoms with Crippen LogP contribution in [0.1, 0.15) is 24.8 Å². The summed E-state index contributed by atoms with van der Waals surface area (Å²) in [6.07, 6.45) is 1.32. The van der Waals surface area contributed by atoms with Crippen LogP contribution in [0, 0.1) is 0 Å². The largest absolute Gasteiger partial charge is 0.366 e. The predicted molar refractivity (Wildman–Crippen MR) is 108 cm³/mol. The smallest absolute Gasteiger partial charge is 0.0407 e. The van der Waals surface area contributed by atoms with E-state index >= 15 is 0 Å². The summed E-state index contributed by atoms with van der Waals surface area (Å²) < 4.78 is 0. The van der Waals surface area contributed by atoms with Gasteiger partial charge in [-0.25, -0.2) is 0 Å². The van der Waals surface area contributed by atoms with Crippen molar-refractivity contribution in [3.63, 3.8) is 0 Å². The second-order valence-corrected chi connectivity index (χ2v) is 7.27. The van der Waals surface area contributed by atoms with Gasteiger partial charge in [0, 0.05) is 48.3 Å². The molecule has 0 radical (unpaired) electrons. The molecule has 0 amide bonds. The van der Waals surface area contributed by atoms with Crippen LogP contribution in [0.15, 0.2) is 54.6 Å². The van der Waals surface area contributed by atoms with E-state index in [-0.39, 0.29) is 17.0 Å². The minimum atomic E-state index is 0. The summed E-state index contributed by atoms with van der Waals surface area (Å²) in [5.41, 5.74) is 2.79. The molecule has 2 aliphatic rings. The molecule has 1 saturated carbocycles. The fourth-order valence-electron chi connectivity index (χ4n) is 3.95. The van der Waals surface area contributed by atoms with Gasteiger partial charge in [0.1, 0.15) is 0 Å². The Bertz CT molecular complexity index is 661. The number of nitrogens with zero attached hydrogens (tertiary/aromatic N) is 2. The first-order chi connectivity index (χ1) is 11.2. The van der Waals surface area contributed by atoms with Gasteiger partial charge in [-0.2, -0.15) is 0 Å². The summed E-state index contributed by atoms with van der Waals surface area (Å²) in [5, 5.41) is 0.809. The third-order valence-corrected chi connectivity index (χ3v) is 5.52. The Labute approximate surface area is 160 Å². The van der Waals surface area contributed by atoms with Crippen LogP contribution in [-0.2, 0) is 0 Å². The van der Waals surface area contributed by atoms with E-state index < -0.39 is 0 Å². The minimum Gasteiger partial charge on any atom is -0.366 e. The predicted octanol–water partition coefficient (Wildman–Crippen LogP) is 4.98. The van der Waals surface area contributed by atoms with Crippen molar-refractivity contribution in [2.45, 2.75) is 31.3 Å². The van der Waals surface area contributed by atoms with Crippen LogP contribution in [0.2, 0.25) is 5.02 Å². The molecule has 128 valence electrons. The lowest BCUT2D eigenvalue weighted by atomic mass is 10.1. The molecule has 0 aromatic heterocycles. The molecule has 0 N–H and O–H groups in total. The highest BCUT2D eigenvalue weighted by molar-refractivity contribution is 8.93. The van der Waals surface area contributed by atoms with Gasteiger partial charge in [-0.15, -0.1) is 17.0 Å². The Hall–Kier alpha value is -1.03. The van der Waals surface area contributed by atoms with Crippen molar-refractivity contribution in [3.05, 3.63) is 65.2 Å². The number of hydrogen-bond acceptors (Lipinski definition) is 2. The summed E-state index contributed by atoms with van der Waals surface area (Å²) in [5.74, 6) is 0.741. The molecular formula is C20H24BrClN2. The van der Waals surface area contributed by atoms with Crippen LogP contribution in [-0.4, -0.2) is 36.6 Å². The number of benzene rings is 2. The van der Waals surface area contributed by atoms with Crippen LogP contribution >= 0.6 is 28.6 Å². The van der Waals surface area contributed by atoms with Crippen molar-refractivity contribution in [2.75, 3.05) is 24.5 Å². The molecule has 3 atom stereocenters. The first-order valence-electron chi connectivity index (χ1n) is 8.53. The molecule has 4 heteroatoms. The summed E-state index contributed by atoms with van der Waals surface area (Å²) in [6, 6.07) is 20.5. The monoisotopic (exact) mass is 406 g/mol. The van der Waals surface area contributed by atoms with E-state index in [1.807, 2.05) is 12.1 Å². The Morgan fingerprint density at radius 1 is 0.958 bits per heavy atom. The zero-order chi connectivity index (χ0) is 15.8. The quantitative estimate of drug-likeness (QED) is 0.707. The third kappa shape index (κ3) is 3.63. The zero-order valence-electron chi connectivity index (χ0n) is 13.9. The van der Waals surface area contributed by atoms with Crippen LogP contribution in [0.3, 0.4) is 0 Å². The highest BCUT2D eigenvalue weighted by Crippen LogP contribution is 2.45. The Balaban J connectivity index is 0.00000169. The molecule has 1 saturated heterocycles. The molecule has 2 fully saturated rings. The summed E-state index contributed by atoms with van der Waals surface area (Å²) in [6.45, 7) is 5.74. The Morgan fingerprint density at radius 3 is 2.33 bits per heavy atom. The third-order valence-electron chi connectivity index (χ3n) is 5.27. The van der Waals surface area contributed by atoms with Gasteiger partial charge < -0.3 is 4.90 Å². The molecule has 2 nitrogen and oxygen atoms in total. The first-order valence-corrected chi connectivity index (χ1v) is 8.91. The molecule has 1 aliphatic carbocycles. The van der Waals surface area contributed by atoms with E-state index in [4.69, 9.17) is 11.6 Å². The standard InChI is InChI=1S/C20H23ClN2.BrH/c1-15-14-22(20-13-19(20)16-5-3-2-4-6-16)11-12-23(15)18-9-7-17(21)8-10-18;/h2-10,15,19-20H,11-14H2,1H3;1H. The van der Waals surface area contributed by atoms with Crippen molar-refractivity contribution >= 4 is 34.3 Å². The zero-order valence-corrected chi connectivity index (χ0v) is 16.4. The number of piperazine rings is 1. The van der Waals surface area contributed by atoms with Gasteiger partial charge in [0.15, 0.2) is 0 Å². The highest BCUT2D eigenvalue weighted by Gasteiger charge is 2.44. The van der Waals surface area contributed by atoms with Crippen molar-refractivity contribution in [3.8, 4) is 0 Å². The van der Waals surface area contributed by atoms with E-state index in [0.29, 0.717) is 6.04 Å². The van der Waals surface area contributed by atoms with Gasteiger partial charge in [-0.3, -0.25) is 4.90 Å². The molecule has 0 bridgehead atoms. The fourth-order valence-corrected chi connectivity index (χ4v) is 4.07. The average Bonchev–Trinajstić information content (AvgIpc) is 3.37. The summed E-state index contributed by atoms with van der Waals surface area (Å²) in [7, 11) is 0. The summed E-state index contributed by atoms with van der Waals surface area (Å²) in [4.78, 5) is 5.20. The molecule has 2 aromatic carbocycles. The maximum Gasteiger partial charge on any atom is 0.0407 e. The lowest BCUT2D eigenvalue weighted by Crippen LogP contribution is -2.52. The second kappa shape index (κ2) is 7.47. The lowest BCUT2D eigenvalue weighted by Gasteiger charge is -2.41. The van der Waals surface area contributed by atoms with E-state index in [9.17, 15) is 0 Å². The van der Waals surface area contributed by atoms with Gasteiger partial charge >= 0.3 is 0 Å². The average molecular weight is 408 g/mol. The molecular weight excluding hydrogens is 384 g/mol. The SMILES string of the molecule is Br.CC1CN(C2CC2c2ccccc2)CCN1c1ccc(Cl)cc1. The van der Waals surface area contributed by atoms with Crippen LogP contribution in [0.4, 0.5) is 5.69 Å². The molecule has 0 spiro atoms. The first kappa shape index (κ1) is 17.8. The van der Waals surface area contributed by atoms with Crippen molar-refractivity contribution < 1.29 is 0 Å². The normalized spacial score (nSPS) is 26.8. The molecule has 3 unspecified atom stereocenters. The van der Waals surface area contributed by atoms with E-state index in [2.05, 4.69) is 59.2 Å². The van der Waals surface area contributed by atoms with Crippen LogP contribution < -0.4 is 4.90 Å². The number of rotatable bonds is 3. The lowest BCUT2D eigenvalue weighted by molar-refractivity contribution is 0.216. The van der Waals surface area contributed by atoms with Crippen LogP contribution in [0.25, 0.3) is 0 Å². The summed E-state index contributed by atoms with van der Waals surface area (Å²) >= 11 is 6.01. The van der Waals surface area contributed by atoms with Crippen LogP contribution in [0.5, 0.6) is 0 Å². The van der Waals surface area contributed by atoms with Crippen molar-refractivity contribution in [2.24, 2.45) is 0 Å². The van der Waals surface area contributed by atoms with Gasteiger partial charge in [0.05, 0.1) is 0 Å². The van der Waals surface area contributed by atoms with E-state index in [1.165, 1.54) is 17.7 Å². The Morgan fingerprint density at radius 2 is 1.67 bits per heavy atom. The minimum absolute atomic E-state index is 0. The van der Waals surface area contributed by atoms with Gasteiger partial charge in [0.2, 0.25) is 0 Å². The van der Waals surface area contributed by atoms with Crippen molar-refractivity contribution in [1.29, 1.82) is 0 Å². The molecule has 4 rings (SSSR count). The second-order valence-electron chi connectivity index (χ2n) is 6.83. The molecule has 1 aliphatic heterocycles. The van der Waals surface area contributed by atoms with E-state index in [0.717, 1.165) is 36.6 Å². The molecule has 2 aromatic rings. The fraction of sp³-hybridized carbons (Fsp3) is 0.400. The number of anilines is 1. The van der Waals surface area contributed by atoms with Gasteiger partial charge in [0.25, 0.3) is 0 Å². The topological polar surface area (TPSA) is 6.48 Å². The van der Waals surface area contributed by atoms with Gasteiger partial charge in [-0.1, -0.05) is 41.9 Å². The van der Waals surface area contributed by atoms with E-state index in [1.54, 1.807) is 0 Å². The number of halogens is 2. The highest BCUT2D eigenvalue weighted by atomic mass is 79.9. The maximum absolute atomic E-state index is 6.01. The number of hydrogen-bond donors (Lipinski definition) is 0. The van der Waals surface area contributed by atoms with Crippen molar-refractivity contribution in [1.82, 2.24) is 4.90 Å². The molecule has 1 heterocycles. The van der Waals surface area contributed by atoms with Gasteiger partial charge in [-0.05, 0) is 43.2 Å².